The summed E-state index contributed by atoms with van der Waals surface area (Å²) >= 11 is 0. The molecular formula is C18H23FN3O3Y-. The normalized spacial score (nSPS) is 14.6. The number of hydrogen-bond donors (Lipinski definition) is 1. The van der Waals surface area contributed by atoms with Gasteiger partial charge in [-0.2, -0.15) is 0 Å². The number of anilines is 1. The molecule has 0 spiro atoms. The van der Waals surface area contributed by atoms with Crippen molar-refractivity contribution in [1.29, 1.82) is 0 Å². The van der Waals surface area contributed by atoms with Gasteiger partial charge in [0.25, 0.3) is 0 Å². The fraction of sp³-hybridized carbons (Fsp3) is 0.389. The minimum absolute atomic E-state index is 0. The third-order valence-electron chi connectivity index (χ3n) is 4.49. The van der Waals surface area contributed by atoms with Crippen LogP contribution in [0.25, 0.3) is 10.9 Å². The number of piperazine rings is 1. The standard InChI is InChI=1S/C17H20FN3O3.CH3.Y/c1-19-6-8-20(9-7-19)12-2-3-13-15(10-12)21(5-4-18)11-14(16(13)22)17(23)24;;/h2-3,10-11H,4-9H2,1H3,(H,23,24);1H3;/q;-1;. The van der Waals surface area contributed by atoms with E-state index < -0.39 is 18.1 Å². The van der Waals surface area contributed by atoms with Gasteiger partial charge in [0.15, 0.2) is 0 Å². The van der Waals surface area contributed by atoms with Crippen LogP contribution in [-0.4, -0.2) is 60.4 Å². The van der Waals surface area contributed by atoms with Gasteiger partial charge in [0.2, 0.25) is 5.43 Å². The largest absolute Gasteiger partial charge is 0.477 e. The number of rotatable bonds is 4. The van der Waals surface area contributed by atoms with Gasteiger partial charge in [0, 0.05) is 76.2 Å². The van der Waals surface area contributed by atoms with E-state index in [0.717, 1.165) is 31.9 Å². The fourth-order valence-electron chi connectivity index (χ4n) is 3.07. The number of pyridine rings is 1. The molecule has 0 amide bonds. The van der Waals surface area contributed by atoms with Gasteiger partial charge in [-0.05, 0) is 25.2 Å². The Balaban J connectivity index is 0.00000169. The van der Waals surface area contributed by atoms with Gasteiger partial charge in [-0.25, -0.2) is 9.18 Å². The van der Waals surface area contributed by atoms with E-state index in [1.807, 2.05) is 12.1 Å². The molecule has 0 saturated carbocycles. The summed E-state index contributed by atoms with van der Waals surface area (Å²) in [7, 11) is 2.07. The molecule has 1 fully saturated rings. The first-order valence-corrected chi connectivity index (χ1v) is 7.91. The van der Waals surface area contributed by atoms with Crippen LogP contribution in [0, 0.1) is 7.43 Å². The molecule has 0 bridgehead atoms. The average molecular weight is 437 g/mol. The second kappa shape index (κ2) is 9.58. The van der Waals surface area contributed by atoms with Crippen LogP contribution in [0.2, 0.25) is 0 Å². The molecule has 3 rings (SSSR count). The Hall–Kier alpha value is -1.31. The molecule has 1 aromatic carbocycles. The smallest absolute Gasteiger partial charge is 0.341 e. The van der Waals surface area contributed by atoms with Crippen LogP contribution >= 0.6 is 0 Å². The van der Waals surface area contributed by atoms with Crippen molar-refractivity contribution in [3.05, 3.63) is 47.6 Å². The number of fused-ring (bicyclic) bond motifs is 1. The van der Waals surface area contributed by atoms with Gasteiger partial charge in [-0.15, -0.1) is 0 Å². The van der Waals surface area contributed by atoms with E-state index in [9.17, 15) is 19.1 Å². The molecule has 1 aromatic heterocycles. The number of aromatic carboxylic acids is 1. The first kappa shape index (κ1) is 22.7. The molecule has 2 aromatic rings. The molecule has 1 N–H and O–H groups in total. The minimum Gasteiger partial charge on any atom is -0.477 e. The molecule has 1 saturated heterocycles. The van der Waals surface area contributed by atoms with Gasteiger partial charge in [-0.1, -0.05) is 0 Å². The van der Waals surface area contributed by atoms with Crippen LogP contribution in [0.4, 0.5) is 10.1 Å². The van der Waals surface area contributed by atoms with Crippen molar-refractivity contribution in [1.82, 2.24) is 9.47 Å². The number of benzene rings is 1. The van der Waals surface area contributed by atoms with Gasteiger partial charge >= 0.3 is 5.97 Å². The molecule has 6 nitrogen and oxygen atoms in total. The Morgan fingerprint density at radius 2 is 1.88 bits per heavy atom. The van der Waals surface area contributed by atoms with Crippen LogP contribution in [0.15, 0.2) is 29.2 Å². The monoisotopic (exact) mass is 437 g/mol. The molecular weight excluding hydrogens is 414 g/mol. The third-order valence-corrected chi connectivity index (χ3v) is 4.49. The van der Waals surface area contributed by atoms with Crippen molar-refractivity contribution in [2.75, 3.05) is 44.8 Å². The van der Waals surface area contributed by atoms with Crippen LogP contribution < -0.4 is 10.3 Å². The Kier molecular flexibility index (Phi) is 8.37. The van der Waals surface area contributed by atoms with E-state index in [0.29, 0.717) is 10.9 Å². The quantitative estimate of drug-likeness (QED) is 0.741. The van der Waals surface area contributed by atoms with Gasteiger partial charge in [-0.3, -0.25) is 4.79 Å². The van der Waals surface area contributed by atoms with Crippen molar-refractivity contribution in [2.24, 2.45) is 0 Å². The van der Waals surface area contributed by atoms with Crippen molar-refractivity contribution in [3.8, 4) is 0 Å². The molecule has 8 heteroatoms. The van der Waals surface area contributed by atoms with Crippen LogP contribution in [0.5, 0.6) is 0 Å². The molecule has 2 heterocycles. The zero-order chi connectivity index (χ0) is 17.3. The second-order valence-corrected chi connectivity index (χ2v) is 6.05. The van der Waals surface area contributed by atoms with E-state index in [1.54, 1.807) is 6.07 Å². The maximum atomic E-state index is 12.9. The zero-order valence-electron chi connectivity index (χ0n) is 15.1. The van der Waals surface area contributed by atoms with Crippen molar-refractivity contribution < 1.29 is 47.0 Å². The fourth-order valence-corrected chi connectivity index (χ4v) is 3.07. The molecule has 0 unspecified atom stereocenters. The number of carboxylic acid groups (broad SMARTS) is 1. The molecule has 0 atom stereocenters. The number of hydrogen-bond acceptors (Lipinski definition) is 4. The Bertz CT molecular complexity index is 832. The maximum absolute atomic E-state index is 12.9. The van der Waals surface area contributed by atoms with E-state index in [1.165, 1.54) is 10.8 Å². The summed E-state index contributed by atoms with van der Waals surface area (Å²) < 4.78 is 14.4. The average Bonchev–Trinajstić information content (AvgIpc) is 2.57. The number of aromatic nitrogens is 1. The van der Waals surface area contributed by atoms with Gasteiger partial charge in [0.05, 0.1) is 12.1 Å². The van der Waals surface area contributed by atoms with Crippen LogP contribution in [-0.2, 0) is 39.3 Å². The van der Waals surface area contributed by atoms with Gasteiger partial charge < -0.3 is 26.9 Å². The van der Waals surface area contributed by atoms with Gasteiger partial charge in [0.1, 0.15) is 12.2 Å². The molecule has 0 aliphatic carbocycles. The summed E-state index contributed by atoms with van der Waals surface area (Å²) in [6.07, 6.45) is 1.24. The zero-order valence-corrected chi connectivity index (χ0v) is 18.0. The van der Waals surface area contributed by atoms with E-state index in [-0.39, 0.29) is 52.2 Å². The third kappa shape index (κ3) is 4.50. The number of likely N-dealkylation sites (N-methyl/N-ethyl adjacent to an activating group) is 1. The number of aryl methyl sites for hydroxylation is 1. The van der Waals surface area contributed by atoms with E-state index >= 15 is 0 Å². The Labute approximate surface area is 177 Å². The SMILES string of the molecule is CN1CCN(c2ccc3c(=O)c(C(=O)O)cn(CCF)c3c2)CC1.[CH3-].[Y]. The predicted molar refractivity (Wildman–Crippen MR) is 97.3 cm³/mol. The number of carboxylic acids is 1. The molecule has 26 heavy (non-hydrogen) atoms. The summed E-state index contributed by atoms with van der Waals surface area (Å²) in [5, 5.41) is 9.49. The van der Waals surface area contributed by atoms with Crippen LogP contribution in [0.3, 0.4) is 0 Å². The number of halogens is 1. The first-order valence-electron chi connectivity index (χ1n) is 7.91. The molecule has 139 valence electrons. The molecule has 1 aliphatic heterocycles. The summed E-state index contributed by atoms with van der Waals surface area (Å²) in [6, 6.07) is 5.33. The van der Waals surface area contributed by atoms with E-state index in [4.69, 9.17) is 0 Å². The number of nitrogens with zero attached hydrogens (tertiary/aromatic N) is 3. The van der Waals surface area contributed by atoms with Crippen molar-refractivity contribution in [2.45, 2.75) is 6.54 Å². The van der Waals surface area contributed by atoms with Crippen LogP contribution in [0.1, 0.15) is 10.4 Å². The summed E-state index contributed by atoms with van der Waals surface area (Å²) in [5.41, 5.74) is 0.672. The summed E-state index contributed by atoms with van der Waals surface area (Å²) in [4.78, 5) is 28.1. The molecule has 1 aliphatic rings. The second-order valence-electron chi connectivity index (χ2n) is 6.05. The van der Waals surface area contributed by atoms with Crippen molar-refractivity contribution in [3.63, 3.8) is 0 Å². The first-order chi connectivity index (χ1) is 11.5. The Morgan fingerprint density at radius 1 is 1.23 bits per heavy atom. The molecule has 1 radical (unpaired) electrons. The van der Waals surface area contributed by atoms with E-state index in [2.05, 4.69) is 16.8 Å². The maximum Gasteiger partial charge on any atom is 0.341 e. The number of alkyl halides is 1. The summed E-state index contributed by atoms with van der Waals surface area (Å²) in [5.74, 6) is -1.29. The summed E-state index contributed by atoms with van der Waals surface area (Å²) in [6.45, 7) is 3.05. The topological polar surface area (TPSA) is 65.8 Å². The van der Waals surface area contributed by atoms with Crippen molar-refractivity contribution >= 4 is 22.6 Å². The number of carbonyl (C=O) groups is 1. The predicted octanol–water partition coefficient (Wildman–Crippen LogP) is 1.87. The minimum atomic E-state index is -1.29. The Morgan fingerprint density at radius 3 is 2.46 bits per heavy atom.